The van der Waals surface area contributed by atoms with Gasteiger partial charge < -0.3 is 4.90 Å². The van der Waals surface area contributed by atoms with Gasteiger partial charge in [-0.3, -0.25) is 4.98 Å². The highest BCUT2D eigenvalue weighted by molar-refractivity contribution is 5.89. The first-order valence-corrected chi connectivity index (χ1v) is 7.84. The highest BCUT2D eigenvalue weighted by atomic mass is 19.1. The smallest absolute Gasteiger partial charge is 0.142 e. The van der Waals surface area contributed by atoms with Crippen LogP contribution in [0.1, 0.15) is 12.0 Å². The van der Waals surface area contributed by atoms with Gasteiger partial charge in [0.15, 0.2) is 0 Å². The van der Waals surface area contributed by atoms with Crippen LogP contribution in [-0.2, 0) is 6.42 Å². The van der Waals surface area contributed by atoms with Gasteiger partial charge in [0.1, 0.15) is 18.0 Å². The van der Waals surface area contributed by atoms with Crippen LogP contribution in [0.4, 0.5) is 10.2 Å². The lowest BCUT2D eigenvalue weighted by Crippen LogP contribution is -2.22. The summed E-state index contributed by atoms with van der Waals surface area (Å²) in [5.41, 5.74) is 1.91. The van der Waals surface area contributed by atoms with E-state index in [2.05, 4.69) is 25.9 Å². The van der Waals surface area contributed by atoms with Crippen molar-refractivity contribution >= 4 is 16.7 Å². The summed E-state index contributed by atoms with van der Waals surface area (Å²) >= 11 is 0. The fourth-order valence-corrected chi connectivity index (χ4v) is 3.34. The van der Waals surface area contributed by atoms with Crippen LogP contribution in [0.3, 0.4) is 0 Å². The van der Waals surface area contributed by atoms with Gasteiger partial charge >= 0.3 is 0 Å². The second-order valence-corrected chi connectivity index (χ2v) is 6.00. The number of hydrogen-bond acceptors (Lipinski definition) is 4. The van der Waals surface area contributed by atoms with Crippen molar-refractivity contribution in [2.75, 3.05) is 18.0 Å². The number of aromatic nitrogens is 3. The summed E-state index contributed by atoms with van der Waals surface area (Å²) in [6.07, 6.45) is 7.30. The third kappa shape index (κ3) is 2.74. The highest BCUT2D eigenvalue weighted by Gasteiger charge is 2.25. The number of benzene rings is 1. The molecule has 0 amide bonds. The van der Waals surface area contributed by atoms with E-state index in [1.165, 1.54) is 18.0 Å². The molecule has 1 aromatic carbocycles. The first-order chi connectivity index (χ1) is 11.3. The number of halogens is 1. The molecule has 0 bridgehead atoms. The topological polar surface area (TPSA) is 41.9 Å². The normalized spacial score (nSPS) is 17.8. The van der Waals surface area contributed by atoms with Crippen molar-refractivity contribution < 1.29 is 4.39 Å². The van der Waals surface area contributed by atoms with Gasteiger partial charge in [-0.25, -0.2) is 14.4 Å². The molecule has 4 nitrogen and oxygen atoms in total. The summed E-state index contributed by atoms with van der Waals surface area (Å²) < 4.78 is 14.2. The van der Waals surface area contributed by atoms with Crippen LogP contribution in [0.15, 0.2) is 49.1 Å². The average Bonchev–Trinajstić information content (AvgIpc) is 3.04. The summed E-state index contributed by atoms with van der Waals surface area (Å²) in [4.78, 5) is 14.9. The number of rotatable bonds is 3. The number of pyridine rings is 1. The summed E-state index contributed by atoms with van der Waals surface area (Å²) in [7, 11) is 0. The highest BCUT2D eigenvalue weighted by Crippen LogP contribution is 2.30. The van der Waals surface area contributed by atoms with Gasteiger partial charge in [0.2, 0.25) is 0 Å². The summed E-state index contributed by atoms with van der Waals surface area (Å²) in [5.74, 6) is 0.992. The molecule has 23 heavy (non-hydrogen) atoms. The number of fused-ring (bicyclic) bond motifs is 1. The molecule has 5 heteroatoms. The van der Waals surface area contributed by atoms with Crippen molar-refractivity contribution in [2.45, 2.75) is 12.8 Å². The Morgan fingerprint density at radius 2 is 2.13 bits per heavy atom. The number of anilines is 1. The van der Waals surface area contributed by atoms with Crippen LogP contribution in [0, 0.1) is 11.7 Å². The van der Waals surface area contributed by atoms with Crippen molar-refractivity contribution in [2.24, 2.45) is 5.92 Å². The van der Waals surface area contributed by atoms with E-state index in [0.29, 0.717) is 22.6 Å². The Labute approximate surface area is 134 Å². The standard InChI is InChI=1S/C18H17FN4/c19-15-4-1-5-16-17(15)18(22-12-21-16)23-8-6-14(11-23)9-13-3-2-7-20-10-13/h1-5,7,10,12,14H,6,8-9,11H2. The molecule has 3 aromatic rings. The molecule has 0 radical (unpaired) electrons. The predicted molar refractivity (Wildman–Crippen MR) is 87.8 cm³/mol. The summed E-state index contributed by atoms with van der Waals surface area (Å²) in [6.45, 7) is 1.78. The minimum atomic E-state index is -0.256. The Kier molecular flexibility index (Phi) is 3.61. The zero-order chi connectivity index (χ0) is 15.6. The summed E-state index contributed by atoms with van der Waals surface area (Å²) in [5, 5.41) is 0.525. The van der Waals surface area contributed by atoms with Gasteiger partial charge in [-0.15, -0.1) is 0 Å². The largest absolute Gasteiger partial charge is 0.356 e. The summed E-state index contributed by atoms with van der Waals surface area (Å²) in [6, 6.07) is 9.06. The third-order valence-electron chi connectivity index (χ3n) is 4.42. The zero-order valence-electron chi connectivity index (χ0n) is 12.7. The Morgan fingerprint density at radius 1 is 1.17 bits per heavy atom. The van der Waals surface area contributed by atoms with Crippen LogP contribution >= 0.6 is 0 Å². The fourth-order valence-electron chi connectivity index (χ4n) is 3.34. The molecule has 1 unspecified atom stereocenters. The molecule has 3 heterocycles. The molecule has 4 rings (SSSR count). The molecule has 0 N–H and O–H groups in total. The predicted octanol–water partition coefficient (Wildman–Crippen LogP) is 3.23. The van der Waals surface area contributed by atoms with Gasteiger partial charge in [-0.2, -0.15) is 0 Å². The molecule has 1 saturated heterocycles. The second-order valence-electron chi connectivity index (χ2n) is 6.00. The maximum absolute atomic E-state index is 14.2. The number of nitrogens with zero attached hydrogens (tertiary/aromatic N) is 4. The number of hydrogen-bond donors (Lipinski definition) is 0. The first-order valence-electron chi connectivity index (χ1n) is 7.84. The lowest BCUT2D eigenvalue weighted by molar-refractivity contribution is 0.585. The van der Waals surface area contributed by atoms with E-state index in [9.17, 15) is 4.39 Å². The van der Waals surface area contributed by atoms with E-state index in [-0.39, 0.29) is 5.82 Å². The SMILES string of the molecule is Fc1cccc2ncnc(N3CCC(Cc4cccnc4)C3)c12. The molecule has 1 aliphatic rings. The monoisotopic (exact) mass is 308 g/mol. The molecule has 0 saturated carbocycles. The van der Waals surface area contributed by atoms with Gasteiger partial charge in [0.25, 0.3) is 0 Å². The lowest BCUT2D eigenvalue weighted by Gasteiger charge is -2.19. The Balaban J connectivity index is 1.58. The molecule has 1 fully saturated rings. The van der Waals surface area contributed by atoms with Crippen molar-refractivity contribution in [3.8, 4) is 0 Å². The molecule has 116 valence electrons. The Morgan fingerprint density at radius 3 is 3.00 bits per heavy atom. The van der Waals surface area contributed by atoms with Gasteiger partial charge in [0, 0.05) is 25.5 Å². The van der Waals surface area contributed by atoms with Gasteiger partial charge in [-0.1, -0.05) is 12.1 Å². The molecule has 2 aromatic heterocycles. The van der Waals surface area contributed by atoms with Crippen molar-refractivity contribution in [3.05, 3.63) is 60.4 Å². The van der Waals surface area contributed by atoms with Crippen molar-refractivity contribution in [3.63, 3.8) is 0 Å². The Hall–Kier alpha value is -2.56. The van der Waals surface area contributed by atoms with Crippen molar-refractivity contribution in [1.82, 2.24) is 15.0 Å². The van der Waals surface area contributed by atoms with E-state index in [1.807, 2.05) is 18.3 Å². The van der Waals surface area contributed by atoms with Gasteiger partial charge in [0.05, 0.1) is 10.9 Å². The van der Waals surface area contributed by atoms with Crippen LogP contribution in [-0.4, -0.2) is 28.0 Å². The molecular formula is C18H17FN4. The van der Waals surface area contributed by atoms with Crippen LogP contribution in [0.5, 0.6) is 0 Å². The van der Waals surface area contributed by atoms with E-state index < -0.39 is 0 Å². The van der Waals surface area contributed by atoms with Crippen molar-refractivity contribution in [1.29, 1.82) is 0 Å². The molecule has 0 spiro atoms. The molecule has 0 aliphatic carbocycles. The van der Waals surface area contributed by atoms with Gasteiger partial charge in [-0.05, 0) is 42.5 Å². The fraction of sp³-hybridized carbons (Fsp3) is 0.278. The second kappa shape index (κ2) is 5.91. The average molecular weight is 308 g/mol. The quantitative estimate of drug-likeness (QED) is 0.745. The molecule has 1 aliphatic heterocycles. The maximum Gasteiger partial charge on any atom is 0.142 e. The minimum absolute atomic E-state index is 0.256. The van der Waals surface area contributed by atoms with Crippen LogP contribution < -0.4 is 4.90 Å². The first kappa shape index (κ1) is 14.1. The maximum atomic E-state index is 14.2. The van der Waals surface area contributed by atoms with Crippen LogP contribution in [0.2, 0.25) is 0 Å². The van der Waals surface area contributed by atoms with E-state index in [4.69, 9.17) is 0 Å². The third-order valence-corrected chi connectivity index (χ3v) is 4.42. The van der Waals surface area contributed by atoms with E-state index in [1.54, 1.807) is 12.3 Å². The molecular weight excluding hydrogens is 291 g/mol. The van der Waals surface area contributed by atoms with E-state index >= 15 is 0 Å². The van der Waals surface area contributed by atoms with Crippen LogP contribution in [0.25, 0.3) is 10.9 Å². The van der Waals surface area contributed by atoms with E-state index in [0.717, 1.165) is 25.9 Å². The Bertz CT molecular complexity index is 816. The minimum Gasteiger partial charge on any atom is -0.356 e. The lowest BCUT2D eigenvalue weighted by atomic mass is 10.0. The zero-order valence-corrected chi connectivity index (χ0v) is 12.7. The molecule has 1 atom stereocenters.